The van der Waals surface area contributed by atoms with Gasteiger partial charge in [0, 0.05) is 11.3 Å². The summed E-state index contributed by atoms with van der Waals surface area (Å²) < 4.78 is 46.2. The fraction of sp³-hybridized carbons (Fsp3) is 0.529. The predicted octanol–water partition coefficient (Wildman–Crippen LogP) is 3.34. The van der Waals surface area contributed by atoms with Crippen molar-refractivity contribution in [2.45, 2.75) is 44.0 Å². The molecule has 1 amide bonds. The van der Waals surface area contributed by atoms with Gasteiger partial charge in [-0.05, 0) is 43.5 Å². The fourth-order valence-corrected chi connectivity index (χ4v) is 3.45. The van der Waals surface area contributed by atoms with Gasteiger partial charge in [0.1, 0.15) is 5.75 Å². The largest absolute Gasteiger partial charge is 0.497 e. The Bertz CT molecular complexity index is 687. The van der Waals surface area contributed by atoms with E-state index in [1.54, 1.807) is 0 Å². The highest BCUT2D eigenvalue weighted by Gasteiger charge is 2.68. The van der Waals surface area contributed by atoms with Crippen LogP contribution in [0.2, 0.25) is 0 Å². The first-order valence-corrected chi connectivity index (χ1v) is 8.14. The molecule has 2 aliphatic rings. The van der Waals surface area contributed by atoms with Crippen LogP contribution in [0.1, 0.15) is 42.5 Å². The molecule has 1 saturated carbocycles. The maximum absolute atomic E-state index is 13.8. The summed E-state index contributed by atoms with van der Waals surface area (Å²) >= 11 is 0. The Kier molecular flexibility index (Phi) is 4.49. The molecule has 0 spiro atoms. The number of hydrogen-bond acceptors (Lipinski definition) is 4. The summed E-state index contributed by atoms with van der Waals surface area (Å²) in [6.07, 6.45) is -2.44. The van der Waals surface area contributed by atoms with Crippen LogP contribution in [0.3, 0.4) is 0 Å². The maximum Gasteiger partial charge on any atom is 0.439 e. The van der Waals surface area contributed by atoms with E-state index in [2.05, 4.69) is 5.10 Å². The van der Waals surface area contributed by atoms with Crippen LogP contribution in [-0.4, -0.2) is 40.7 Å². The van der Waals surface area contributed by atoms with E-state index in [0.29, 0.717) is 25.0 Å². The second-order valence-electron chi connectivity index (χ2n) is 6.31. The molecule has 1 aliphatic carbocycles. The SMILES string of the molecule is COc1ccc(C(=O)N2N=C3CCCCCC3C2(O)C(F)(F)F)cc1. The molecule has 1 heterocycles. The standard InChI is InChI=1S/C17H19F3N2O3/c1-25-12-9-7-11(8-10-12)15(23)22-16(24,17(18,19)20)13-5-3-2-4-6-14(13)21-22/h7-10,13,24H,2-6H2,1H3. The van der Waals surface area contributed by atoms with Gasteiger partial charge < -0.3 is 9.84 Å². The first kappa shape index (κ1) is 17.7. The highest BCUT2D eigenvalue weighted by atomic mass is 19.4. The van der Waals surface area contributed by atoms with Crippen molar-refractivity contribution in [2.75, 3.05) is 7.11 Å². The Morgan fingerprint density at radius 3 is 2.56 bits per heavy atom. The van der Waals surface area contributed by atoms with Crippen molar-refractivity contribution in [3.8, 4) is 5.75 Å². The molecule has 1 N–H and O–H groups in total. The lowest BCUT2D eigenvalue weighted by Crippen LogP contribution is -2.61. The van der Waals surface area contributed by atoms with Gasteiger partial charge in [-0.3, -0.25) is 4.79 Å². The number of methoxy groups -OCH3 is 1. The highest BCUT2D eigenvalue weighted by molar-refractivity contribution is 5.99. The maximum atomic E-state index is 13.8. The zero-order valence-electron chi connectivity index (χ0n) is 13.7. The first-order chi connectivity index (χ1) is 11.8. The molecule has 0 bridgehead atoms. The molecule has 136 valence electrons. The second-order valence-corrected chi connectivity index (χ2v) is 6.31. The lowest BCUT2D eigenvalue weighted by Gasteiger charge is -2.37. The number of carbonyl (C=O) groups is 1. The summed E-state index contributed by atoms with van der Waals surface area (Å²) in [6.45, 7) is 0. The zero-order chi connectivity index (χ0) is 18.2. The Hall–Kier alpha value is -2.09. The van der Waals surface area contributed by atoms with Gasteiger partial charge in [0.05, 0.1) is 13.0 Å². The van der Waals surface area contributed by atoms with Crippen LogP contribution in [0, 0.1) is 5.92 Å². The summed E-state index contributed by atoms with van der Waals surface area (Å²) in [5, 5.41) is 14.7. The minimum atomic E-state index is -5.00. The van der Waals surface area contributed by atoms with Gasteiger partial charge in [0.15, 0.2) is 0 Å². The zero-order valence-corrected chi connectivity index (χ0v) is 13.7. The van der Waals surface area contributed by atoms with Crippen LogP contribution in [0.25, 0.3) is 0 Å². The van der Waals surface area contributed by atoms with E-state index in [1.807, 2.05) is 0 Å². The molecule has 1 aromatic carbocycles. The van der Waals surface area contributed by atoms with Crippen molar-refractivity contribution in [3.63, 3.8) is 0 Å². The van der Waals surface area contributed by atoms with Crippen molar-refractivity contribution in [2.24, 2.45) is 11.0 Å². The van der Waals surface area contributed by atoms with E-state index < -0.39 is 23.7 Å². The number of rotatable bonds is 2. The molecule has 1 aliphatic heterocycles. The van der Waals surface area contributed by atoms with E-state index in [0.717, 1.165) is 6.42 Å². The molecule has 1 fully saturated rings. The van der Waals surface area contributed by atoms with Crippen molar-refractivity contribution in [1.29, 1.82) is 0 Å². The van der Waals surface area contributed by atoms with Gasteiger partial charge in [0.25, 0.3) is 11.6 Å². The van der Waals surface area contributed by atoms with E-state index in [1.165, 1.54) is 31.4 Å². The Balaban J connectivity index is 2.00. The summed E-state index contributed by atoms with van der Waals surface area (Å²) in [4.78, 5) is 12.7. The Labute approximate surface area is 143 Å². The summed E-state index contributed by atoms with van der Waals surface area (Å²) in [5.74, 6) is -1.72. The molecule has 5 nitrogen and oxygen atoms in total. The number of hydrazone groups is 1. The number of nitrogens with zero attached hydrogens (tertiary/aromatic N) is 2. The first-order valence-electron chi connectivity index (χ1n) is 8.14. The molecule has 1 aromatic rings. The van der Waals surface area contributed by atoms with Crippen LogP contribution in [-0.2, 0) is 0 Å². The molecule has 3 rings (SSSR count). The molecule has 8 heteroatoms. The van der Waals surface area contributed by atoms with Crippen molar-refractivity contribution in [3.05, 3.63) is 29.8 Å². The monoisotopic (exact) mass is 356 g/mol. The van der Waals surface area contributed by atoms with Crippen LogP contribution >= 0.6 is 0 Å². The number of amides is 1. The number of alkyl halides is 3. The Morgan fingerprint density at radius 2 is 1.96 bits per heavy atom. The number of benzene rings is 1. The Morgan fingerprint density at radius 1 is 1.28 bits per heavy atom. The van der Waals surface area contributed by atoms with Gasteiger partial charge in [-0.25, -0.2) is 0 Å². The van der Waals surface area contributed by atoms with Crippen LogP contribution < -0.4 is 4.74 Å². The molecule has 0 radical (unpaired) electrons. The third-order valence-electron chi connectivity index (χ3n) is 4.81. The van der Waals surface area contributed by atoms with E-state index in [-0.39, 0.29) is 22.7 Å². The topological polar surface area (TPSA) is 62.1 Å². The van der Waals surface area contributed by atoms with Gasteiger partial charge in [-0.15, -0.1) is 0 Å². The second kappa shape index (κ2) is 6.33. The highest BCUT2D eigenvalue weighted by Crippen LogP contribution is 2.48. The molecule has 2 unspecified atom stereocenters. The number of ether oxygens (including phenoxy) is 1. The minimum absolute atomic E-state index is 0.00397. The average molecular weight is 356 g/mol. The minimum Gasteiger partial charge on any atom is -0.497 e. The summed E-state index contributed by atoms with van der Waals surface area (Å²) in [6, 6.07) is 5.65. The average Bonchev–Trinajstić information content (AvgIpc) is 2.74. The number of carbonyl (C=O) groups excluding carboxylic acids is 1. The van der Waals surface area contributed by atoms with E-state index in [9.17, 15) is 23.1 Å². The van der Waals surface area contributed by atoms with Gasteiger partial charge in [-0.1, -0.05) is 12.8 Å². The fourth-order valence-electron chi connectivity index (χ4n) is 3.45. The number of aliphatic hydroxyl groups is 1. The van der Waals surface area contributed by atoms with Crippen molar-refractivity contribution < 1.29 is 27.8 Å². The van der Waals surface area contributed by atoms with Crippen LogP contribution in [0.15, 0.2) is 29.4 Å². The predicted molar refractivity (Wildman–Crippen MR) is 84.2 cm³/mol. The third-order valence-corrected chi connectivity index (χ3v) is 4.81. The molecular formula is C17H19F3N2O3. The van der Waals surface area contributed by atoms with Crippen LogP contribution in [0.5, 0.6) is 5.75 Å². The van der Waals surface area contributed by atoms with Gasteiger partial charge >= 0.3 is 6.18 Å². The molecule has 0 saturated heterocycles. The number of fused-ring (bicyclic) bond motifs is 1. The summed E-state index contributed by atoms with van der Waals surface area (Å²) in [7, 11) is 1.44. The molecule has 2 atom stereocenters. The van der Waals surface area contributed by atoms with E-state index >= 15 is 0 Å². The van der Waals surface area contributed by atoms with Crippen molar-refractivity contribution >= 4 is 11.6 Å². The quantitative estimate of drug-likeness (QED) is 0.884. The molecular weight excluding hydrogens is 337 g/mol. The number of hydrogen-bond donors (Lipinski definition) is 1. The van der Waals surface area contributed by atoms with Gasteiger partial charge in [0.2, 0.25) is 0 Å². The smallest absolute Gasteiger partial charge is 0.439 e. The van der Waals surface area contributed by atoms with E-state index in [4.69, 9.17) is 4.74 Å². The third kappa shape index (κ3) is 2.88. The van der Waals surface area contributed by atoms with Crippen molar-refractivity contribution in [1.82, 2.24) is 5.01 Å². The molecule has 0 aromatic heterocycles. The lowest BCUT2D eigenvalue weighted by molar-refractivity contribution is -0.312. The van der Waals surface area contributed by atoms with Gasteiger partial charge in [-0.2, -0.15) is 23.3 Å². The summed E-state index contributed by atoms with van der Waals surface area (Å²) in [5.41, 5.74) is -3.05. The van der Waals surface area contributed by atoms with Crippen LogP contribution in [0.4, 0.5) is 13.2 Å². The molecule has 25 heavy (non-hydrogen) atoms. The number of halogens is 3. The lowest BCUT2D eigenvalue weighted by atomic mass is 9.87. The normalized spacial score (nSPS) is 26.7.